The third-order valence-electron chi connectivity index (χ3n) is 6.21. The number of hydrogen-bond donors (Lipinski definition) is 0. The van der Waals surface area contributed by atoms with E-state index in [9.17, 15) is 4.79 Å². The zero-order valence-corrected chi connectivity index (χ0v) is 22.1. The van der Waals surface area contributed by atoms with Crippen LogP contribution in [0.25, 0.3) is 6.08 Å². The van der Waals surface area contributed by atoms with Crippen LogP contribution < -0.4 is 9.47 Å². The zero-order valence-electron chi connectivity index (χ0n) is 21.3. The lowest BCUT2D eigenvalue weighted by Crippen LogP contribution is -2.32. The molecule has 1 fully saturated rings. The number of thioether (sulfide) groups is 1. The maximum Gasteiger partial charge on any atom is 0.267 e. The molecule has 0 radical (unpaired) electrons. The fourth-order valence-electron chi connectivity index (χ4n) is 4.18. The van der Waals surface area contributed by atoms with Gasteiger partial charge in [0.15, 0.2) is 16.7 Å². The fraction of sp³-hybridized carbons (Fsp3) is 0.125. The zero-order chi connectivity index (χ0) is 26.3. The molecule has 1 heterocycles. The van der Waals surface area contributed by atoms with Crippen LogP contribution in [-0.2, 0) is 11.4 Å². The van der Waals surface area contributed by atoms with Gasteiger partial charge in [0.25, 0.3) is 5.91 Å². The Bertz CT molecular complexity index is 1450. The van der Waals surface area contributed by atoms with E-state index >= 15 is 0 Å². The summed E-state index contributed by atoms with van der Waals surface area (Å²) in [6.45, 7) is 2.47. The van der Waals surface area contributed by atoms with Crippen LogP contribution in [0.5, 0.6) is 11.5 Å². The summed E-state index contributed by atoms with van der Waals surface area (Å²) in [5, 5.41) is 0.651. The van der Waals surface area contributed by atoms with Crippen LogP contribution in [0.15, 0.2) is 119 Å². The maximum atomic E-state index is 13.7. The normalized spacial score (nSPS) is 16.2. The molecule has 1 atom stereocenters. The molecule has 0 aromatic heterocycles. The van der Waals surface area contributed by atoms with Crippen molar-refractivity contribution in [2.75, 3.05) is 7.11 Å². The first-order valence-electron chi connectivity index (χ1n) is 12.4. The summed E-state index contributed by atoms with van der Waals surface area (Å²) in [5.74, 6) is 1.18. The van der Waals surface area contributed by atoms with Crippen molar-refractivity contribution in [1.82, 2.24) is 4.90 Å². The number of nitrogens with zero attached hydrogens (tertiary/aromatic N) is 2. The number of aliphatic imine (C=N–C) groups is 1. The summed E-state index contributed by atoms with van der Waals surface area (Å²) in [4.78, 5) is 20.9. The Kier molecular flexibility index (Phi) is 7.90. The molecule has 5 nitrogen and oxygen atoms in total. The molecular formula is C32H28N2O3S. The number of carbonyl (C=O) groups excluding carboxylic acids is 1. The van der Waals surface area contributed by atoms with Crippen molar-refractivity contribution in [1.29, 1.82) is 0 Å². The van der Waals surface area contributed by atoms with Gasteiger partial charge >= 0.3 is 0 Å². The Morgan fingerprint density at radius 1 is 0.868 bits per heavy atom. The monoisotopic (exact) mass is 520 g/mol. The molecule has 0 unspecified atom stereocenters. The molecule has 1 aliphatic heterocycles. The smallest absolute Gasteiger partial charge is 0.267 e. The molecule has 1 aliphatic rings. The molecule has 0 aliphatic carbocycles. The predicted molar refractivity (Wildman–Crippen MR) is 155 cm³/mol. The maximum absolute atomic E-state index is 13.7. The molecule has 190 valence electrons. The highest BCUT2D eigenvalue weighted by Crippen LogP contribution is 2.40. The van der Waals surface area contributed by atoms with Crippen LogP contribution in [0.2, 0.25) is 0 Å². The van der Waals surface area contributed by atoms with Gasteiger partial charge in [-0.1, -0.05) is 84.9 Å². The molecule has 0 spiro atoms. The van der Waals surface area contributed by atoms with Gasteiger partial charge in [-0.25, -0.2) is 4.99 Å². The van der Waals surface area contributed by atoms with E-state index in [0.29, 0.717) is 28.2 Å². The Labute approximate surface area is 227 Å². The Morgan fingerprint density at radius 2 is 1.53 bits per heavy atom. The molecule has 5 rings (SSSR count). The standard InChI is InChI=1S/C32H28N2O3S/c1-23(26-14-8-4-9-15-26)34-31(35)30(38-32(34)33-27-16-10-5-11-17-27)21-25-18-19-28(29(20-25)36-2)37-22-24-12-6-3-7-13-24/h3-21,23H,22H2,1-2H3/b30-21+,33-32?/t23-/m1/s1. The van der Waals surface area contributed by atoms with Crippen molar-refractivity contribution in [3.8, 4) is 11.5 Å². The predicted octanol–water partition coefficient (Wildman–Crippen LogP) is 7.64. The van der Waals surface area contributed by atoms with Gasteiger partial charge < -0.3 is 9.47 Å². The molecular weight excluding hydrogens is 492 g/mol. The van der Waals surface area contributed by atoms with Crippen LogP contribution in [0.1, 0.15) is 29.7 Å². The first kappa shape index (κ1) is 25.4. The first-order valence-corrected chi connectivity index (χ1v) is 13.2. The molecule has 4 aromatic carbocycles. The van der Waals surface area contributed by atoms with E-state index in [2.05, 4.69) is 0 Å². The molecule has 38 heavy (non-hydrogen) atoms. The highest BCUT2D eigenvalue weighted by Gasteiger charge is 2.37. The van der Waals surface area contributed by atoms with E-state index in [-0.39, 0.29) is 11.9 Å². The average molecular weight is 521 g/mol. The first-order chi connectivity index (χ1) is 18.6. The van der Waals surface area contributed by atoms with Crippen LogP contribution in [0.4, 0.5) is 5.69 Å². The molecule has 1 saturated heterocycles. The van der Waals surface area contributed by atoms with Gasteiger partial charge in [-0.15, -0.1) is 0 Å². The second-order valence-corrected chi connectivity index (χ2v) is 9.80. The third-order valence-corrected chi connectivity index (χ3v) is 7.19. The molecule has 0 saturated carbocycles. The second-order valence-electron chi connectivity index (χ2n) is 8.79. The van der Waals surface area contributed by atoms with Gasteiger partial charge in [0.2, 0.25) is 0 Å². The van der Waals surface area contributed by atoms with Crippen molar-refractivity contribution in [2.45, 2.75) is 19.6 Å². The summed E-state index contributed by atoms with van der Waals surface area (Å²) in [5.41, 5.74) is 3.77. The minimum Gasteiger partial charge on any atom is -0.493 e. The van der Waals surface area contributed by atoms with Crippen molar-refractivity contribution in [3.63, 3.8) is 0 Å². The number of rotatable bonds is 8. The van der Waals surface area contributed by atoms with Gasteiger partial charge in [-0.3, -0.25) is 9.69 Å². The van der Waals surface area contributed by atoms with Gasteiger partial charge in [0, 0.05) is 0 Å². The number of para-hydroxylation sites is 1. The average Bonchev–Trinajstić information content (AvgIpc) is 3.27. The molecule has 0 N–H and O–H groups in total. The summed E-state index contributed by atoms with van der Waals surface area (Å²) in [6.07, 6.45) is 1.88. The number of ether oxygens (including phenoxy) is 2. The summed E-state index contributed by atoms with van der Waals surface area (Å²) >= 11 is 1.38. The highest BCUT2D eigenvalue weighted by atomic mass is 32.2. The van der Waals surface area contributed by atoms with E-state index in [4.69, 9.17) is 14.5 Å². The van der Waals surface area contributed by atoms with Crippen molar-refractivity contribution in [2.24, 2.45) is 4.99 Å². The van der Waals surface area contributed by atoms with Gasteiger partial charge in [-0.05, 0) is 65.7 Å². The lowest BCUT2D eigenvalue weighted by Gasteiger charge is -2.24. The van der Waals surface area contributed by atoms with Gasteiger partial charge in [0.05, 0.1) is 23.7 Å². The van der Waals surface area contributed by atoms with Crippen molar-refractivity contribution < 1.29 is 14.3 Å². The van der Waals surface area contributed by atoms with E-state index < -0.39 is 0 Å². The summed E-state index contributed by atoms with van der Waals surface area (Å²) in [7, 11) is 1.62. The number of amides is 1. The molecule has 6 heteroatoms. The third kappa shape index (κ3) is 5.82. The Balaban J connectivity index is 1.43. The molecule has 0 bridgehead atoms. The SMILES string of the molecule is COc1cc(/C=C2/SC(=Nc3ccccc3)N([C@H](C)c3ccccc3)C2=O)ccc1OCc1ccccc1. The topological polar surface area (TPSA) is 51.1 Å². The highest BCUT2D eigenvalue weighted by molar-refractivity contribution is 8.18. The minimum atomic E-state index is -0.173. The van der Waals surface area contributed by atoms with Crippen molar-refractivity contribution >= 4 is 34.6 Å². The van der Waals surface area contributed by atoms with Gasteiger partial charge in [0.1, 0.15) is 6.61 Å². The number of carbonyl (C=O) groups is 1. The number of amidine groups is 1. The molecule has 1 amide bonds. The van der Waals surface area contributed by atoms with E-state index in [1.54, 1.807) is 12.0 Å². The van der Waals surface area contributed by atoms with Crippen LogP contribution in [0.3, 0.4) is 0 Å². The Hall–Kier alpha value is -4.29. The Morgan fingerprint density at radius 3 is 2.21 bits per heavy atom. The number of benzene rings is 4. The fourth-order valence-corrected chi connectivity index (χ4v) is 5.25. The largest absolute Gasteiger partial charge is 0.493 e. The molecule has 4 aromatic rings. The summed E-state index contributed by atoms with van der Waals surface area (Å²) in [6, 6.07) is 35.2. The van der Waals surface area contributed by atoms with Crippen LogP contribution in [0, 0.1) is 0 Å². The van der Waals surface area contributed by atoms with E-state index in [1.807, 2.05) is 122 Å². The number of methoxy groups -OCH3 is 1. The van der Waals surface area contributed by atoms with E-state index in [1.165, 1.54) is 11.8 Å². The van der Waals surface area contributed by atoms with Crippen molar-refractivity contribution in [3.05, 3.63) is 131 Å². The van der Waals surface area contributed by atoms with Crippen LogP contribution >= 0.6 is 11.8 Å². The summed E-state index contributed by atoms with van der Waals surface area (Å²) < 4.78 is 11.6. The van der Waals surface area contributed by atoms with E-state index in [0.717, 1.165) is 22.4 Å². The number of hydrogen-bond acceptors (Lipinski definition) is 5. The van der Waals surface area contributed by atoms with Gasteiger partial charge in [-0.2, -0.15) is 0 Å². The second kappa shape index (κ2) is 11.8. The van der Waals surface area contributed by atoms with Crippen LogP contribution in [-0.4, -0.2) is 23.1 Å². The lowest BCUT2D eigenvalue weighted by atomic mass is 10.1. The lowest BCUT2D eigenvalue weighted by molar-refractivity contribution is -0.123. The quantitative estimate of drug-likeness (QED) is 0.224. The minimum absolute atomic E-state index is 0.0793.